The molecule has 0 unspecified atom stereocenters. The van der Waals surface area contributed by atoms with Gasteiger partial charge in [0.25, 0.3) is 0 Å². The van der Waals surface area contributed by atoms with Crippen LogP contribution in [0.3, 0.4) is 0 Å². The molecular formula is C8H11N3. The monoisotopic (exact) mass is 149 g/mol. The lowest BCUT2D eigenvalue weighted by Crippen LogP contribution is -2.11. The quantitative estimate of drug-likeness (QED) is 0.632. The van der Waals surface area contributed by atoms with Crippen LogP contribution in [0.25, 0.3) is 6.08 Å². The minimum absolute atomic E-state index is 0.801. The Hall–Kier alpha value is -1.38. The van der Waals surface area contributed by atoms with Crippen molar-refractivity contribution >= 4 is 11.9 Å². The summed E-state index contributed by atoms with van der Waals surface area (Å²) in [5, 5.41) is 7.86. The molecule has 0 aromatic carbocycles. The predicted molar refractivity (Wildman–Crippen MR) is 46.5 cm³/mol. The van der Waals surface area contributed by atoms with Gasteiger partial charge in [0, 0.05) is 14.1 Å². The molecule has 1 aromatic rings. The van der Waals surface area contributed by atoms with Crippen LogP contribution >= 0.6 is 0 Å². The summed E-state index contributed by atoms with van der Waals surface area (Å²) in [5.74, 6) is 0.857. The molecule has 3 nitrogen and oxygen atoms in total. The van der Waals surface area contributed by atoms with Gasteiger partial charge in [0.2, 0.25) is 0 Å². The molecule has 1 aromatic heterocycles. The molecule has 0 saturated carbocycles. The van der Waals surface area contributed by atoms with Crippen LogP contribution in [0.15, 0.2) is 18.7 Å². The van der Waals surface area contributed by atoms with Crippen LogP contribution in [0.5, 0.6) is 0 Å². The van der Waals surface area contributed by atoms with E-state index in [-0.39, 0.29) is 0 Å². The summed E-state index contributed by atoms with van der Waals surface area (Å²) < 4.78 is 0. The highest BCUT2D eigenvalue weighted by molar-refractivity contribution is 5.44. The molecule has 0 N–H and O–H groups in total. The van der Waals surface area contributed by atoms with Gasteiger partial charge in [-0.3, -0.25) is 0 Å². The maximum absolute atomic E-state index is 3.95. The van der Waals surface area contributed by atoms with Crippen LogP contribution in [0, 0.1) is 0 Å². The fourth-order valence-electron chi connectivity index (χ4n) is 0.683. The van der Waals surface area contributed by atoms with Crippen LogP contribution < -0.4 is 4.90 Å². The number of nitrogens with zero attached hydrogens (tertiary/aromatic N) is 3. The van der Waals surface area contributed by atoms with Crippen molar-refractivity contribution in [2.24, 2.45) is 0 Å². The van der Waals surface area contributed by atoms with E-state index in [2.05, 4.69) is 16.8 Å². The van der Waals surface area contributed by atoms with E-state index in [9.17, 15) is 0 Å². The van der Waals surface area contributed by atoms with Crippen LogP contribution in [-0.4, -0.2) is 24.3 Å². The van der Waals surface area contributed by atoms with E-state index in [0.717, 1.165) is 11.5 Å². The zero-order valence-electron chi connectivity index (χ0n) is 6.78. The van der Waals surface area contributed by atoms with Crippen LogP contribution in [0.1, 0.15) is 5.69 Å². The van der Waals surface area contributed by atoms with E-state index >= 15 is 0 Å². The number of aromatic nitrogens is 2. The van der Waals surface area contributed by atoms with Crippen molar-refractivity contribution in [3.63, 3.8) is 0 Å². The lowest BCUT2D eigenvalue weighted by Gasteiger charge is -2.08. The minimum Gasteiger partial charge on any atom is -0.361 e. The second kappa shape index (κ2) is 3.14. The number of rotatable bonds is 2. The summed E-state index contributed by atoms with van der Waals surface area (Å²) in [6.07, 6.45) is 1.67. The average Bonchev–Trinajstić information content (AvgIpc) is 2.05. The van der Waals surface area contributed by atoms with Gasteiger partial charge in [-0.1, -0.05) is 6.58 Å². The summed E-state index contributed by atoms with van der Waals surface area (Å²) in [4.78, 5) is 1.90. The molecule has 0 aliphatic heterocycles. The van der Waals surface area contributed by atoms with E-state index in [4.69, 9.17) is 0 Å². The Bertz CT molecular complexity index is 238. The SMILES string of the molecule is C=Cc1ccc(N(C)C)nn1. The Labute approximate surface area is 66.4 Å². The highest BCUT2D eigenvalue weighted by Gasteiger charge is 1.95. The lowest BCUT2D eigenvalue weighted by atomic mass is 10.4. The first-order chi connectivity index (χ1) is 5.24. The second-order valence-electron chi connectivity index (χ2n) is 2.41. The fourth-order valence-corrected chi connectivity index (χ4v) is 0.683. The summed E-state index contributed by atoms with van der Waals surface area (Å²) in [6, 6.07) is 3.79. The minimum atomic E-state index is 0.801. The predicted octanol–water partition coefficient (Wildman–Crippen LogP) is 1.19. The molecule has 58 valence electrons. The smallest absolute Gasteiger partial charge is 0.150 e. The lowest BCUT2D eigenvalue weighted by molar-refractivity contribution is 0.956. The molecule has 0 saturated heterocycles. The number of hydrogen-bond donors (Lipinski definition) is 0. The van der Waals surface area contributed by atoms with Gasteiger partial charge in [-0.2, -0.15) is 0 Å². The molecule has 0 aliphatic carbocycles. The topological polar surface area (TPSA) is 29.0 Å². The summed E-state index contributed by atoms with van der Waals surface area (Å²) in [5.41, 5.74) is 0.801. The second-order valence-corrected chi connectivity index (χ2v) is 2.41. The standard InChI is InChI=1S/C8H11N3/c1-4-7-5-6-8(10-9-7)11(2)3/h4-6H,1H2,2-3H3. The van der Waals surface area contributed by atoms with Crippen LogP contribution in [0.2, 0.25) is 0 Å². The molecule has 1 rings (SSSR count). The molecule has 3 heteroatoms. The molecule has 1 heterocycles. The van der Waals surface area contributed by atoms with Crippen molar-refractivity contribution in [3.8, 4) is 0 Å². The highest BCUT2D eigenvalue weighted by Crippen LogP contribution is 2.04. The Kier molecular flexibility index (Phi) is 2.21. The Balaban J connectivity index is 2.91. The van der Waals surface area contributed by atoms with Gasteiger partial charge < -0.3 is 4.90 Å². The van der Waals surface area contributed by atoms with Crippen molar-refractivity contribution < 1.29 is 0 Å². The molecule has 11 heavy (non-hydrogen) atoms. The zero-order valence-corrected chi connectivity index (χ0v) is 6.78. The first-order valence-corrected chi connectivity index (χ1v) is 3.37. The largest absolute Gasteiger partial charge is 0.361 e. The Morgan fingerprint density at radius 2 is 2.09 bits per heavy atom. The highest BCUT2D eigenvalue weighted by atomic mass is 15.2. The number of anilines is 1. The third kappa shape index (κ3) is 1.77. The first-order valence-electron chi connectivity index (χ1n) is 3.37. The normalized spacial score (nSPS) is 9.27. The summed E-state index contributed by atoms with van der Waals surface area (Å²) in [6.45, 7) is 3.59. The van der Waals surface area contributed by atoms with Gasteiger partial charge in [-0.05, 0) is 18.2 Å². The molecule has 0 spiro atoms. The van der Waals surface area contributed by atoms with Crippen molar-refractivity contribution in [2.45, 2.75) is 0 Å². The maximum Gasteiger partial charge on any atom is 0.150 e. The molecule has 0 amide bonds. The van der Waals surface area contributed by atoms with E-state index in [1.54, 1.807) is 6.08 Å². The van der Waals surface area contributed by atoms with Crippen LogP contribution in [-0.2, 0) is 0 Å². The Morgan fingerprint density at radius 1 is 1.36 bits per heavy atom. The van der Waals surface area contributed by atoms with Crippen molar-refractivity contribution in [3.05, 3.63) is 24.4 Å². The van der Waals surface area contributed by atoms with Crippen LogP contribution in [0.4, 0.5) is 5.82 Å². The Morgan fingerprint density at radius 3 is 2.45 bits per heavy atom. The van der Waals surface area contributed by atoms with Crippen molar-refractivity contribution in [1.82, 2.24) is 10.2 Å². The van der Waals surface area contributed by atoms with Gasteiger partial charge in [0.1, 0.15) is 0 Å². The van der Waals surface area contributed by atoms with Gasteiger partial charge in [0.15, 0.2) is 5.82 Å². The van der Waals surface area contributed by atoms with Gasteiger partial charge in [0.05, 0.1) is 5.69 Å². The van der Waals surface area contributed by atoms with E-state index < -0.39 is 0 Å². The van der Waals surface area contributed by atoms with Gasteiger partial charge in [-0.15, -0.1) is 10.2 Å². The summed E-state index contributed by atoms with van der Waals surface area (Å²) in [7, 11) is 3.86. The zero-order chi connectivity index (χ0) is 8.27. The first kappa shape index (κ1) is 7.72. The molecule has 0 bridgehead atoms. The molecular weight excluding hydrogens is 138 g/mol. The van der Waals surface area contributed by atoms with E-state index in [0.29, 0.717) is 0 Å². The molecule has 0 radical (unpaired) electrons. The van der Waals surface area contributed by atoms with E-state index in [1.165, 1.54) is 0 Å². The third-order valence-corrected chi connectivity index (χ3v) is 1.34. The summed E-state index contributed by atoms with van der Waals surface area (Å²) >= 11 is 0. The van der Waals surface area contributed by atoms with Crippen molar-refractivity contribution in [2.75, 3.05) is 19.0 Å². The van der Waals surface area contributed by atoms with E-state index in [1.807, 2.05) is 31.1 Å². The number of hydrogen-bond acceptors (Lipinski definition) is 3. The molecule has 0 aliphatic rings. The maximum atomic E-state index is 3.95. The fraction of sp³-hybridized carbons (Fsp3) is 0.250. The molecule has 0 atom stereocenters. The average molecular weight is 149 g/mol. The molecule has 0 fully saturated rings. The van der Waals surface area contributed by atoms with Gasteiger partial charge >= 0.3 is 0 Å². The van der Waals surface area contributed by atoms with Crippen molar-refractivity contribution in [1.29, 1.82) is 0 Å². The third-order valence-electron chi connectivity index (χ3n) is 1.34. The van der Waals surface area contributed by atoms with Gasteiger partial charge in [-0.25, -0.2) is 0 Å².